The molecule has 0 fully saturated rings. The summed E-state index contributed by atoms with van der Waals surface area (Å²) in [5, 5.41) is 0. The van der Waals surface area contributed by atoms with Crippen molar-refractivity contribution in [3.05, 3.63) is 68.2 Å². The molecule has 1 aliphatic rings. The van der Waals surface area contributed by atoms with Crippen LogP contribution in [-0.2, 0) is 14.3 Å². The molecular weight excluding hydrogens is 493 g/mol. The Bertz CT molecular complexity index is 1380. The van der Waals surface area contributed by atoms with Crippen LogP contribution in [0.4, 0.5) is 8.63 Å². The molecule has 0 N–H and O–H groups in total. The monoisotopic (exact) mass is 526 g/mol. The Kier molecular flexibility index (Phi) is 8.64. The van der Waals surface area contributed by atoms with Crippen LogP contribution in [0.2, 0.25) is 0 Å². The Morgan fingerprint density at radius 3 is 1.97 bits per heavy atom. The van der Waals surface area contributed by atoms with Crippen LogP contribution in [0.15, 0.2) is 34.0 Å². The molecule has 0 unspecified atom stereocenters. The van der Waals surface area contributed by atoms with Crippen molar-refractivity contribution in [2.45, 2.75) is 55.4 Å². The minimum absolute atomic E-state index is 0.0787. The molecule has 2 aromatic rings. The van der Waals surface area contributed by atoms with Gasteiger partial charge in [-0.25, -0.2) is 9.59 Å². The van der Waals surface area contributed by atoms with Gasteiger partial charge in [0.15, 0.2) is 0 Å². The maximum Gasteiger partial charge on any atom is 0.677 e. The maximum absolute atomic E-state index is 14.7. The van der Waals surface area contributed by atoms with Crippen LogP contribution in [-0.4, -0.2) is 49.9 Å². The molecule has 2 heterocycles. The minimum Gasteiger partial charge on any atom is -0.497 e. The predicted molar refractivity (Wildman–Crippen MR) is 144 cm³/mol. The van der Waals surface area contributed by atoms with E-state index in [1.807, 2.05) is 26.0 Å². The summed E-state index contributed by atoms with van der Waals surface area (Å²) in [5.74, 6) is -0.600. The number of allylic oxidation sites excluding steroid dienone is 1. The number of aryl methyl sites for hydroxylation is 2. The van der Waals surface area contributed by atoms with Crippen molar-refractivity contribution in [3.8, 4) is 5.75 Å². The minimum atomic E-state index is -2.96. The lowest BCUT2D eigenvalue weighted by Gasteiger charge is -2.21. The summed E-state index contributed by atoms with van der Waals surface area (Å²) < 4.78 is 46.2. The Balaban J connectivity index is 2.57. The molecule has 7 nitrogen and oxygen atoms in total. The van der Waals surface area contributed by atoms with E-state index in [-0.39, 0.29) is 30.2 Å². The molecule has 0 saturated carbocycles. The van der Waals surface area contributed by atoms with Gasteiger partial charge in [-0.2, -0.15) is 0 Å². The van der Waals surface area contributed by atoms with Crippen molar-refractivity contribution < 1.29 is 32.4 Å². The second-order valence-corrected chi connectivity index (χ2v) is 9.08. The molecule has 0 radical (unpaired) electrons. The van der Waals surface area contributed by atoms with E-state index in [4.69, 9.17) is 19.2 Å². The van der Waals surface area contributed by atoms with Crippen LogP contribution in [0.1, 0.15) is 71.7 Å². The fourth-order valence-corrected chi connectivity index (χ4v) is 5.14. The van der Waals surface area contributed by atoms with Crippen LogP contribution >= 0.6 is 0 Å². The molecule has 0 atom stereocenters. The number of benzene rings is 1. The lowest BCUT2D eigenvalue weighted by molar-refractivity contribution is -0.137. The predicted octanol–water partition coefficient (Wildman–Crippen LogP) is 5.79. The largest absolute Gasteiger partial charge is 0.677 e. The van der Waals surface area contributed by atoms with Crippen LogP contribution in [0, 0.1) is 27.7 Å². The number of hydrogen-bond acceptors (Lipinski definition) is 6. The number of nitrogens with zero attached hydrogens (tertiary/aromatic N) is 2. The van der Waals surface area contributed by atoms with E-state index in [1.54, 1.807) is 41.7 Å². The topological polar surface area (TPSA) is 79.1 Å². The fraction of sp³-hybridized carbons (Fsp3) is 0.393. The van der Waals surface area contributed by atoms with E-state index in [0.29, 0.717) is 45.0 Å². The lowest BCUT2D eigenvalue weighted by Crippen LogP contribution is -2.19. The van der Waals surface area contributed by atoms with Crippen molar-refractivity contribution >= 4 is 30.6 Å². The summed E-state index contributed by atoms with van der Waals surface area (Å²) in [5.41, 5.74) is 4.76. The van der Waals surface area contributed by atoms with Gasteiger partial charge in [-0.05, 0) is 95.3 Å². The molecule has 0 amide bonds. The zero-order chi connectivity index (χ0) is 28.5. The second kappa shape index (κ2) is 11.4. The average molecular weight is 526 g/mol. The molecule has 38 heavy (non-hydrogen) atoms. The molecule has 10 heteroatoms. The number of rotatable bonds is 8. The van der Waals surface area contributed by atoms with Crippen molar-refractivity contribution in [2.75, 3.05) is 20.3 Å². The zero-order valence-corrected chi connectivity index (χ0v) is 23.3. The summed E-state index contributed by atoms with van der Waals surface area (Å²) in [4.78, 5) is 30.4. The fourth-order valence-electron chi connectivity index (χ4n) is 5.14. The first-order valence-electron chi connectivity index (χ1n) is 12.4. The van der Waals surface area contributed by atoms with E-state index in [1.165, 1.54) is 6.92 Å². The van der Waals surface area contributed by atoms with E-state index >= 15 is 0 Å². The number of carbonyl (C=O) groups excluding carboxylic acids is 2. The van der Waals surface area contributed by atoms with Crippen molar-refractivity contribution in [3.63, 3.8) is 0 Å². The number of hydrogen-bond donors (Lipinski definition) is 0. The number of aliphatic imine (C=N–C) groups is 1. The smallest absolute Gasteiger partial charge is 0.497 e. The SMILES string of the molecule is CCOC(=O)C1=C(C)/C(=C(\c2c(C)cc(OC)cc2C)c2c(C)c(C(=O)OCC)c(C)n2B(F)F)N=C1C. The molecule has 1 aromatic carbocycles. The Morgan fingerprint density at radius 1 is 0.921 bits per heavy atom. The summed E-state index contributed by atoms with van der Waals surface area (Å²) in [6, 6.07) is 3.62. The van der Waals surface area contributed by atoms with Crippen LogP contribution in [0.25, 0.3) is 5.57 Å². The van der Waals surface area contributed by atoms with E-state index in [9.17, 15) is 18.2 Å². The Morgan fingerprint density at radius 2 is 1.47 bits per heavy atom. The summed E-state index contributed by atoms with van der Waals surface area (Å²) in [6.45, 7) is 13.9. The highest BCUT2D eigenvalue weighted by Gasteiger charge is 2.36. The summed E-state index contributed by atoms with van der Waals surface area (Å²) in [6.07, 6.45) is 0. The van der Waals surface area contributed by atoms with Gasteiger partial charge in [0.25, 0.3) is 0 Å². The number of esters is 2. The third-order valence-electron chi connectivity index (χ3n) is 6.69. The van der Waals surface area contributed by atoms with Gasteiger partial charge >= 0.3 is 19.3 Å². The summed E-state index contributed by atoms with van der Waals surface area (Å²) >= 11 is 0. The lowest BCUT2D eigenvalue weighted by atomic mass is 9.87. The van der Waals surface area contributed by atoms with E-state index in [2.05, 4.69) is 0 Å². The van der Waals surface area contributed by atoms with E-state index in [0.717, 1.165) is 15.6 Å². The molecule has 202 valence electrons. The third-order valence-corrected chi connectivity index (χ3v) is 6.69. The first-order chi connectivity index (χ1) is 17.9. The quantitative estimate of drug-likeness (QED) is 0.321. The highest BCUT2D eigenvalue weighted by molar-refractivity contribution is 6.42. The van der Waals surface area contributed by atoms with Gasteiger partial charge in [-0.3, -0.25) is 13.6 Å². The number of halogens is 2. The number of aromatic nitrogens is 1. The average Bonchev–Trinajstić information content (AvgIpc) is 3.27. The molecule has 1 aliphatic heterocycles. The Labute approximate surface area is 222 Å². The Hall–Kier alpha value is -3.69. The van der Waals surface area contributed by atoms with Gasteiger partial charge < -0.3 is 18.7 Å². The van der Waals surface area contributed by atoms with Crippen LogP contribution in [0.3, 0.4) is 0 Å². The van der Waals surface area contributed by atoms with Crippen molar-refractivity contribution in [1.29, 1.82) is 0 Å². The zero-order valence-electron chi connectivity index (χ0n) is 23.3. The first kappa shape index (κ1) is 28.9. The maximum atomic E-state index is 14.7. The first-order valence-corrected chi connectivity index (χ1v) is 12.4. The highest BCUT2D eigenvalue weighted by Crippen LogP contribution is 2.43. The van der Waals surface area contributed by atoms with Gasteiger partial charge in [0.2, 0.25) is 0 Å². The van der Waals surface area contributed by atoms with Gasteiger partial charge in [0.1, 0.15) is 5.75 Å². The highest BCUT2D eigenvalue weighted by atomic mass is 19.2. The summed E-state index contributed by atoms with van der Waals surface area (Å²) in [7, 11) is -1.40. The van der Waals surface area contributed by atoms with Gasteiger partial charge in [0.05, 0.1) is 42.9 Å². The van der Waals surface area contributed by atoms with Crippen molar-refractivity contribution in [2.24, 2.45) is 4.99 Å². The molecular formula is C28H33BF2N2O5. The standard InChI is InChI=1S/C28H33BF2N2O5/c1-10-37-27(34)22-16(5)25(32-18(22)7)24(21-14(3)12-20(36-9)13-15(21)4)26-17(6)23(28(35)38-11-2)19(8)33(26)29(30)31/h12-13H,10-11H2,1-9H3/b25-24-. The van der Waals surface area contributed by atoms with Gasteiger partial charge in [-0.15, -0.1) is 0 Å². The molecule has 3 rings (SSSR count). The molecule has 1 aromatic heterocycles. The molecule has 0 spiro atoms. The third kappa shape index (κ3) is 4.91. The van der Waals surface area contributed by atoms with Crippen LogP contribution < -0.4 is 4.74 Å². The number of ether oxygens (including phenoxy) is 3. The molecule has 0 bridgehead atoms. The molecule has 0 saturated heterocycles. The van der Waals surface area contributed by atoms with Gasteiger partial charge in [0, 0.05) is 17.0 Å². The van der Waals surface area contributed by atoms with E-state index < -0.39 is 19.3 Å². The van der Waals surface area contributed by atoms with Crippen LogP contribution in [0.5, 0.6) is 5.75 Å². The number of carbonyl (C=O) groups is 2. The van der Waals surface area contributed by atoms with Crippen molar-refractivity contribution in [1.82, 2.24) is 4.48 Å². The number of methoxy groups -OCH3 is 1. The second-order valence-electron chi connectivity index (χ2n) is 9.08. The van der Waals surface area contributed by atoms with Gasteiger partial charge in [-0.1, -0.05) is 0 Å². The molecule has 0 aliphatic carbocycles. The normalized spacial score (nSPS) is 14.4.